The Hall–Kier alpha value is -2.27. The van der Waals surface area contributed by atoms with Gasteiger partial charge in [0, 0.05) is 6.04 Å². The molecule has 10 heteroatoms. The number of rotatable bonds is 7. The molecule has 0 fully saturated rings. The second-order valence-electron chi connectivity index (χ2n) is 6.14. The molecule has 0 saturated heterocycles. The van der Waals surface area contributed by atoms with Crippen LogP contribution in [0.2, 0.25) is 0 Å². The Labute approximate surface area is 159 Å². The molecule has 0 radical (unpaired) electrons. The van der Waals surface area contributed by atoms with Crippen LogP contribution in [-0.4, -0.2) is 28.8 Å². The number of benzene rings is 2. The lowest BCUT2D eigenvalue weighted by Crippen LogP contribution is -2.42. The number of nitrogens with one attached hydrogen (secondary N) is 3. The summed E-state index contributed by atoms with van der Waals surface area (Å²) >= 11 is 0. The van der Waals surface area contributed by atoms with Gasteiger partial charge in [0.15, 0.2) is 0 Å². The lowest BCUT2D eigenvalue weighted by Gasteiger charge is -2.14. The van der Waals surface area contributed by atoms with Crippen molar-refractivity contribution in [2.45, 2.75) is 36.6 Å². The van der Waals surface area contributed by atoms with E-state index in [1.54, 1.807) is 26.0 Å². The molecule has 2 aromatic carbocycles. The Morgan fingerprint density at radius 2 is 1.48 bits per heavy atom. The highest BCUT2D eigenvalue weighted by molar-refractivity contribution is 7.89. The van der Waals surface area contributed by atoms with Gasteiger partial charge in [-0.25, -0.2) is 21.6 Å². The summed E-state index contributed by atoms with van der Waals surface area (Å²) in [5.74, 6) is -0.893. The van der Waals surface area contributed by atoms with Crippen LogP contribution in [-0.2, 0) is 20.0 Å². The van der Waals surface area contributed by atoms with E-state index >= 15 is 0 Å². The van der Waals surface area contributed by atoms with Gasteiger partial charge >= 0.3 is 0 Å². The number of carbonyl (C=O) groups is 1. The van der Waals surface area contributed by atoms with Gasteiger partial charge in [0.25, 0.3) is 15.9 Å². The van der Waals surface area contributed by atoms with Crippen molar-refractivity contribution in [2.75, 3.05) is 0 Å². The van der Waals surface area contributed by atoms with E-state index in [0.29, 0.717) is 0 Å². The molecule has 8 nitrogen and oxygen atoms in total. The number of carbonyl (C=O) groups excluding carboxylic acids is 1. The lowest BCUT2D eigenvalue weighted by molar-refractivity contribution is 0.0941. The molecule has 0 bridgehead atoms. The molecule has 0 aliphatic rings. The maximum absolute atomic E-state index is 12.4. The van der Waals surface area contributed by atoms with E-state index in [1.807, 2.05) is 17.2 Å². The molecule has 1 amide bonds. The fraction of sp³-hybridized carbons (Fsp3) is 0.235. The van der Waals surface area contributed by atoms with Gasteiger partial charge < -0.3 is 0 Å². The zero-order valence-electron chi connectivity index (χ0n) is 15.1. The second-order valence-corrected chi connectivity index (χ2v) is 9.51. The Morgan fingerprint density at radius 3 is 2.07 bits per heavy atom. The number of aryl methyl sites for hydroxylation is 1. The van der Waals surface area contributed by atoms with Gasteiger partial charge in [-0.1, -0.05) is 29.8 Å². The largest absolute Gasteiger partial charge is 0.273 e. The van der Waals surface area contributed by atoms with Crippen LogP contribution in [0.25, 0.3) is 0 Å². The summed E-state index contributed by atoms with van der Waals surface area (Å²) in [6.07, 6.45) is 0. The fourth-order valence-electron chi connectivity index (χ4n) is 2.22. The van der Waals surface area contributed by atoms with Crippen LogP contribution < -0.4 is 15.0 Å². The predicted octanol–water partition coefficient (Wildman–Crippen LogP) is 1.31. The summed E-state index contributed by atoms with van der Waals surface area (Å²) in [7, 11) is -7.93. The fourth-order valence-corrected chi connectivity index (χ4v) is 4.51. The SMILES string of the molecule is Cc1ccc(S(=O)(=O)NNC(=O)c2ccccc2S(=O)(=O)NC(C)C)cc1. The summed E-state index contributed by atoms with van der Waals surface area (Å²) in [5.41, 5.74) is 2.75. The molecular weight excluding hydrogens is 390 g/mol. The average molecular weight is 412 g/mol. The van der Waals surface area contributed by atoms with E-state index in [9.17, 15) is 21.6 Å². The quantitative estimate of drug-likeness (QED) is 0.593. The van der Waals surface area contributed by atoms with Crippen molar-refractivity contribution >= 4 is 26.0 Å². The highest BCUT2D eigenvalue weighted by Crippen LogP contribution is 2.16. The lowest BCUT2D eigenvalue weighted by atomic mass is 10.2. The zero-order chi connectivity index (χ0) is 20.2. The second kappa shape index (κ2) is 8.17. The van der Waals surface area contributed by atoms with Crippen LogP contribution in [0.15, 0.2) is 58.3 Å². The normalized spacial score (nSPS) is 12.1. The van der Waals surface area contributed by atoms with Gasteiger partial charge in [-0.3, -0.25) is 10.2 Å². The summed E-state index contributed by atoms with van der Waals surface area (Å²) < 4.78 is 51.7. The van der Waals surface area contributed by atoms with Gasteiger partial charge in [0.05, 0.1) is 15.4 Å². The minimum Gasteiger partial charge on any atom is -0.273 e. The van der Waals surface area contributed by atoms with Crippen molar-refractivity contribution in [1.82, 2.24) is 15.0 Å². The van der Waals surface area contributed by atoms with Crippen LogP contribution in [0.3, 0.4) is 0 Å². The van der Waals surface area contributed by atoms with E-state index in [1.165, 1.54) is 36.4 Å². The maximum atomic E-state index is 12.4. The van der Waals surface area contributed by atoms with E-state index < -0.39 is 26.0 Å². The molecular formula is C17H21N3O5S2. The molecule has 0 aliphatic carbocycles. The number of sulfonamides is 2. The van der Waals surface area contributed by atoms with E-state index in [2.05, 4.69) is 4.72 Å². The molecule has 2 aromatic rings. The summed E-state index contributed by atoms with van der Waals surface area (Å²) in [6, 6.07) is 11.2. The third kappa shape index (κ3) is 5.36. The summed E-state index contributed by atoms with van der Waals surface area (Å²) in [4.78, 5) is 14.1. The third-order valence-electron chi connectivity index (χ3n) is 3.44. The summed E-state index contributed by atoms with van der Waals surface area (Å²) in [6.45, 7) is 5.11. The average Bonchev–Trinajstić information content (AvgIpc) is 2.59. The first-order valence-electron chi connectivity index (χ1n) is 8.03. The minimum atomic E-state index is -3.99. The molecule has 146 valence electrons. The van der Waals surface area contributed by atoms with Crippen LogP contribution in [0.1, 0.15) is 29.8 Å². The van der Waals surface area contributed by atoms with Crippen LogP contribution in [0, 0.1) is 6.92 Å². The predicted molar refractivity (Wildman–Crippen MR) is 101 cm³/mol. The van der Waals surface area contributed by atoms with Crippen molar-refractivity contribution < 1.29 is 21.6 Å². The molecule has 27 heavy (non-hydrogen) atoms. The van der Waals surface area contributed by atoms with Crippen LogP contribution in [0.4, 0.5) is 0 Å². The third-order valence-corrected chi connectivity index (χ3v) is 6.42. The van der Waals surface area contributed by atoms with Gasteiger partial charge in [-0.05, 0) is 45.0 Å². The van der Waals surface area contributed by atoms with E-state index in [-0.39, 0.29) is 21.4 Å². The van der Waals surface area contributed by atoms with E-state index in [4.69, 9.17) is 0 Å². The summed E-state index contributed by atoms with van der Waals surface area (Å²) in [5, 5.41) is 0. The number of hydrazine groups is 1. The van der Waals surface area contributed by atoms with Crippen molar-refractivity contribution in [3.8, 4) is 0 Å². The van der Waals surface area contributed by atoms with Crippen molar-refractivity contribution in [2.24, 2.45) is 0 Å². The molecule has 3 N–H and O–H groups in total. The maximum Gasteiger partial charge on any atom is 0.267 e. The molecule has 0 unspecified atom stereocenters. The van der Waals surface area contributed by atoms with Gasteiger partial charge in [0.1, 0.15) is 0 Å². The Balaban J connectivity index is 2.23. The number of amides is 1. The smallest absolute Gasteiger partial charge is 0.267 e. The van der Waals surface area contributed by atoms with Crippen LogP contribution >= 0.6 is 0 Å². The molecule has 2 rings (SSSR count). The Bertz CT molecular complexity index is 1030. The molecule has 0 heterocycles. The highest BCUT2D eigenvalue weighted by atomic mass is 32.2. The first kappa shape index (κ1) is 21.0. The van der Waals surface area contributed by atoms with Gasteiger partial charge in [-0.15, -0.1) is 4.83 Å². The molecule has 0 atom stereocenters. The number of hydrogen-bond donors (Lipinski definition) is 3. The standard InChI is InChI=1S/C17H21N3O5S2/c1-12(2)19-27(24,25)16-7-5-4-6-15(16)17(21)18-20-26(22,23)14-10-8-13(3)9-11-14/h4-12,19-20H,1-3H3,(H,18,21). The topological polar surface area (TPSA) is 121 Å². The van der Waals surface area contributed by atoms with Crippen molar-refractivity contribution in [3.05, 3.63) is 59.7 Å². The molecule has 0 spiro atoms. The first-order valence-corrected chi connectivity index (χ1v) is 11.0. The minimum absolute atomic E-state index is 0.0317. The number of hydrogen-bond acceptors (Lipinski definition) is 5. The monoisotopic (exact) mass is 411 g/mol. The van der Waals surface area contributed by atoms with Crippen molar-refractivity contribution in [3.63, 3.8) is 0 Å². The van der Waals surface area contributed by atoms with Crippen LogP contribution in [0.5, 0.6) is 0 Å². The first-order chi connectivity index (χ1) is 12.5. The highest BCUT2D eigenvalue weighted by Gasteiger charge is 2.24. The van der Waals surface area contributed by atoms with E-state index in [0.717, 1.165) is 5.56 Å². The molecule has 0 aromatic heterocycles. The molecule has 0 aliphatic heterocycles. The van der Waals surface area contributed by atoms with Crippen molar-refractivity contribution in [1.29, 1.82) is 0 Å². The van der Waals surface area contributed by atoms with Gasteiger partial charge in [0.2, 0.25) is 10.0 Å². The Kier molecular flexibility index (Phi) is 6.37. The Morgan fingerprint density at radius 1 is 0.889 bits per heavy atom. The van der Waals surface area contributed by atoms with Gasteiger partial charge in [-0.2, -0.15) is 0 Å². The molecule has 0 saturated carbocycles. The zero-order valence-corrected chi connectivity index (χ0v) is 16.7.